The van der Waals surface area contributed by atoms with Crippen LogP contribution in [0, 0.1) is 10.1 Å². The summed E-state index contributed by atoms with van der Waals surface area (Å²) < 4.78 is 45.7. The van der Waals surface area contributed by atoms with Crippen molar-refractivity contribution in [2.75, 3.05) is 0 Å². The molecule has 0 bridgehead atoms. The van der Waals surface area contributed by atoms with Crippen molar-refractivity contribution in [3.63, 3.8) is 0 Å². The Labute approximate surface area is 137 Å². The first-order chi connectivity index (χ1) is 11.7. The van der Waals surface area contributed by atoms with E-state index in [-0.39, 0.29) is 36.1 Å². The van der Waals surface area contributed by atoms with Gasteiger partial charge in [-0.3, -0.25) is 19.5 Å². The van der Waals surface area contributed by atoms with Gasteiger partial charge in [0.2, 0.25) is 5.89 Å². The van der Waals surface area contributed by atoms with E-state index in [1.807, 2.05) is 0 Å². The summed E-state index contributed by atoms with van der Waals surface area (Å²) in [7, 11) is 1.33. The van der Waals surface area contributed by atoms with Crippen molar-refractivity contribution in [1.82, 2.24) is 29.8 Å². The molecule has 0 radical (unpaired) electrons. The van der Waals surface area contributed by atoms with Gasteiger partial charge in [0.25, 0.3) is 5.89 Å². The van der Waals surface area contributed by atoms with Crippen LogP contribution in [0.2, 0.25) is 0 Å². The number of nitrogens with zero attached hydrogens (tertiary/aromatic N) is 7. The predicted octanol–water partition coefficient (Wildman–Crippen LogP) is 1.84. The molecule has 13 heteroatoms. The molecule has 0 aliphatic carbocycles. The van der Waals surface area contributed by atoms with Gasteiger partial charge in [-0.25, -0.2) is 0 Å². The average molecular weight is 357 g/mol. The molecule has 0 amide bonds. The molecule has 25 heavy (non-hydrogen) atoms. The molecule has 132 valence electrons. The second-order valence-corrected chi connectivity index (χ2v) is 5.01. The highest BCUT2D eigenvalue weighted by molar-refractivity contribution is 5.47. The van der Waals surface area contributed by atoms with Crippen LogP contribution in [0.5, 0.6) is 0 Å². The lowest BCUT2D eigenvalue weighted by Gasteiger charge is -1.98. The zero-order chi connectivity index (χ0) is 18.2. The van der Waals surface area contributed by atoms with Gasteiger partial charge in [-0.05, 0) is 0 Å². The molecule has 3 rings (SSSR count). The first kappa shape index (κ1) is 16.6. The number of hydrogen-bond donors (Lipinski definition) is 0. The van der Waals surface area contributed by atoms with Gasteiger partial charge in [0.15, 0.2) is 5.69 Å². The van der Waals surface area contributed by atoms with E-state index in [2.05, 4.69) is 20.4 Å². The van der Waals surface area contributed by atoms with E-state index in [0.717, 1.165) is 16.9 Å². The SMILES string of the molecule is Cn1nc(C(F)(F)F)cc1-c1nnc(CCn2cc([N+](=O)[O-])cn2)o1. The zero-order valence-corrected chi connectivity index (χ0v) is 12.6. The molecule has 0 fully saturated rings. The molecule has 0 saturated heterocycles. The van der Waals surface area contributed by atoms with Crippen LogP contribution in [0.4, 0.5) is 18.9 Å². The van der Waals surface area contributed by atoms with Crippen molar-refractivity contribution >= 4 is 5.69 Å². The van der Waals surface area contributed by atoms with E-state index in [1.54, 1.807) is 0 Å². The molecule has 10 nitrogen and oxygen atoms in total. The Morgan fingerprint density at radius 2 is 2.12 bits per heavy atom. The molecular formula is C12H10F3N7O3. The molecular weight excluding hydrogens is 347 g/mol. The summed E-state index contributed by atoms with van der Waals surface area (Å²) in [4.78, 5) is 10.0. The summed E-state index contributed by atoms with van der Waals surface area (Å²) in [5.74, 6) is 0.0508. The molecule has 3 heterocycles. The minimum absolute atomic E-state index is 0.0285. The molecule has 0 aromatic carbocycles. The normalized spacial score (nSPS) is 11.8. The Hall–Kier alpha value is -3.25. The summed E-state index contributed by atoms with van der Waals surface area (Å²) >= 11 is 0. The molecule has 0 aliphatic rings. The third kappa shape index (κ3) is 3.49. The highest BCUT2D eigenvalue weighted by Crippen LogP contribution is 2.31. The highest BCUT2D eigenvalue weighted by Gasteiger charge is 2.35. The predicted molar refractivity (Wildman–Crippen MR) is 74.1 cm³/mol. The van der Waals surface area contributed by atoms with Gasteiger partial charge in [-0.2, -0.15) is 23.4 Å². The van der Waals surface area contributed by atoms with Crippen LogP contribution in [0.1, 0.15) is 11.6 Å². The Bertz CT molecular complexity index is 911. The number of alkyl halides is 3. The summed E-state index contributed by atoms with van der Waals surface area (Å²) in [6.07, 6.45) is -2.02. The average Bonchev–Trinajstić information content (AvgIpc) is 3.23. The van der Waals surface area contributed by atoms with Crippen LogP contribution in [0.15, 0.2) is 22.9 Å². The number of nitro groups is 1. The van der Waals surface area contributed by atoms with Crippen molar-refractivity contribution in [3.8, 4) is 11.6 Å². The van der Waals surface area contributed by atoms with Crippen LogP contribution in [0.25, 0.3) is 11.6 Å². The maximum atomic E-state index is 12.7. The molecule has 0 aliphatic heterocycles. The van der Waals surface area contributed by atoms with Crippen molar-refractivity contribution < 1.29 is 22.5 Å². The van der Waals surface area contributed by atoms with Gasteiger partial charge >= 0.3 is 11.9 Å². The number of halogens is 3. The largest absolute Gasteiger partial charge is 0.435 e. The molecule has 0 spiro atoms. The number of hydrogen-bond acceptors (Lipinski definition) is 7. The monoisotopic (exact) mass is 357 g/mol. The Kier molecular flexibility index (Phi) is 3.98. The Morgan fingerprint density at radius 3 is 2.72 bits per heavy atom. The molecule has 0 N–H and O–H groups in total. The van der Waals surface area contributed by atoms with Crippen LogP contribution in [0.3, 0.4) is 0 Å². The lowest BCUT2D eigenvalue weighted by Crippen LogP contribution is -2.06. The van der Waals surface area contributed by atoms with E-state index in [4.69, 9.17) is 4.42 Å². The van der Waals surface area contributed by atoms with Crippen LogP contribution in [-0.4, -0.2) is 34.7 Å². The summed E-state index contributed by atoms with van der Waals surface area (Å²) in [6.45, 7) is 0.231. The maximum absolute atomic E-state index is 12.7. The lowest BCUT2D eigenvalue weighted by molar-refractivity contribution is -0.385. The number of aromatic nitrogens is 6. The van der Waals surface area contributed by atoms with Gasteiger partial charge in [0, 0.05) is 26.1 Å². The minimum atomic E-state index is -4.58. The van der Waals surface area contributed by atoms with Crippen molar-refractivity contribution in [1.29, 1.82) is 0 Å². The summed E-state index contributed by atoms with van der Waals surface area (Å²) in [5.41, 5.74) is -1.19. The van der Waals surface area contributed by atoms with Crippen LogP contribution >= 0.6 is 0 Å². The molecule has 0 saturated carbocycles. The van der Waals surface area contributed by atoms with E-state index in [1.165, 1.54) is 17.9 Å². The van der Waals surface area contributed by atoms with Crippen molar-refractivity contribution in [2.24, 2.45) is 7.05 Å². The second kappa shape index (κ2) is 5.99. The minimum Gasteiger partial charge on any atom is -0.419 e. The first-order valence-corrected chi connectivity index (χ1v) is 6.85. The molecule has 3 aromatic heterocycles. The van der Waals surface area contributed by atoms with E-state index in [0.29, 0.717) is 0 Å². The number of rotatable bonds is 5. The van der Waals surface area contributed by atoms with Gasteiger partial charge in [0.1, 0.15) is 18.1 Å². The highest BCUT2D eigenvalue weighted by atomic mass is 19.4. The summed E-state index contributed by atoms with van der Waals surface area (Å²) in [5, 5.41) is 25.2. The number of aryl methyl sites for hydroxylation is 3. The van der Waals surface area contributed by atoms with E-state index < -0.39 is 16.8 Å². The zero-order valence-electron chi connectivity index (χ0n) is 12.6. The van der Waals surface area contributed by atoms with Gasteiger partial charge in [-0.15, -0.1) is 10.2 Å². The Morgan fingerprint density at radius 1 is 1.36 bits per heavy atom. The molecule has 3 aromatic rings. The van der Waals surface area contributed by atoms with Gasteiger partial charge in [-0.1, -0.05) is 0 Å². The Balaban J connectivity index is 1.72. The lowest BCUT2D eigenvalue weighted by atomic mass is 10.3. The van der Waals surface area contributed by atoms with Crippen molar-refractivity contribution in [2.45, 2.75) is 19.1 Å². The first-order valence-electron chi connectivity index (χ1n) is 6.85. The second-order valence-electron chi connectivity index (χ2n) is 5.01. The quantitative estimate of drug-likeness (QED) is 0.505. The van der Waals surface area contributed by atoms with Crippen molar-refractivity contribution in [3.05, 3.63) is 40.2 Å². The topological polar surface area (TPSA) is 118 Å². The summed E-state index contributed by atoms with van der Waals surface area (Å²) in [6, 6.07) is 0.814. The fourth-order valence-electron chi connectivity index (χ4n) is 2.04. The van der Waals surface area contributed by atoms with Crippen LogP contribution < -0.4 is 0 Å². The standard InChI is InChI=1S/C12H10F3N7O3/c1-20-8(4-9(19-20)12(13,14)15)11-18-17-10(25-11)2-3-21-6-7(5-16-21)22(23)24/h4-6H,2-3H2,1H3. The smallest absolute Gasteiger partial charge is 0.419 e. The molecule has 0 unspecified atom stereocenters. The third-order valence-electron chi connectivity index (χ3n) is 3.24. The fourth-order valence-corrected chi connectivity index (χ4v) is 2.04. The fraction of sp³-hybridized carbons (Fsp3) is 0.333. The third-order valence-corrected chi connectivity index (χ3v) is 3.24. The van der Waals surface area contributed by atoms with Gasteiger partial charge in [0.05, 0.1) is 4.92 Å². The maximum Gasteiger partial charge on any atom is 0.435 e. The van der Waals surface area contributed by atoms with E-state index in [9.17, 15) is 23.3 Å². The van der Waals surface area contributed by atoms with Crippen LogP contribution in [-0.2, 0) is 26.2 Å². The van der Waals surface area contributed by atoms with Gasteiger partial charge < -0.3 is 4.42 Å². The molecule has 0 atom stereocenters. The van der Waals surface area contributed by atoms with E-state index >= 15 is 0 Å².